The highest BCUT2D eigenvalue weighted by molar-refractivity contribution is 7.89. The van der Waals surface area contributed by atoms with Crippen molar-refractivity contribution in [3.8, 4) is 0 Å². The maximum Gasteiger partial charge on any atom is 0.243 e. The number of nitrogens with one attached hydrogen (secondary N) is 1. The van der Waals surface area contributed by atoms with Crippen LogP contribution in [0.25, 0.3) is 0 Å². The number of hydrogen-bond acceptors (Lipinski definition) is 4. The zero-order chi connectivity index (χ0) is 13.9. The van der Waals surface area contributed by atoms with Crippen molar-refractivity contribution in [1.82, 2.24) is 9.62 Å². The first kappa shape index (κ1) is 14.5. The number of piperazine rings is 1. The fourth-order valence-electron chi connectivity index (χ4n) is 2.28. The summed E-state index contributed by atoms with van der Waals surface area (Å²) >= 11 is 0. The molecular formula is C13H20N2O3S. The van der Waals surface area contributed by atoms with E-state index in [2.05, 4.69) is 5.32 Å². The number of methoxy groups -OCH3 is 1. The van der Waals surface area contributed by atoms with Crippen LogP contribution in [0.1, 0.15) is 12.5 Å². The highest BCUT2D eigenvalue weighted by Gasteiger charge is 2.30. The van der Waals surface area contributed by atoms with Crippen LogP contribution >= 0.6 is 0 Å². The van der Waals surface area contributed by atoms with Gasteiger partial charge in [0.25, 0.3) is 0 Å². The first-order chi connectivity index (χ1) is 9.05. The van der Waals surface area contributed by atoms with Gasteiger partial charge in [-0.2, -0.15) is 4.31 Å². The second kappa shape index (κ2) is 6.00. The maximum atomic E-state index is 12.6. The van der Waals surface area contributed by atoms with Gasteiger partial charge in [-0.15, -0.1) is 0 Å². The lowest BCUT2D eigenvalue weighted by Gasteiger charge is -2.32. The Morgan fingerprint density at radius 2 is 2.26 bits per heavy atom. The van der Waals surface area contributed by atoms with E-state index >= 15 is 0 Å². The van der Waals surface area contributed by atoms with Crippen molar-refractivity contribution in [2.24, 2.45) is 0 Å². The third kappa shape index (κ3) is 3.14. The summed E-state index contributed by atoms with van der Waals surface area (Å²) in [5.74, 6) is 0. The first-order valence-electron chi connectivity index (χ1n) is 6.36. The van der Waals surface area contributed by atoms with Crippen LogP contribution < -0.4 is 5.32 Å². The second-order valence-corrected chi connectivity index (χ2v) is 6.64. The summed E-state index contributed by atoms with van der Waals surface area (Å²) in [5, 5.41) is 3.19. The zero-order valence-corrected chi connectivity index (χ0v) is 12.1. The molecule has 0 radical (unpaired) electrons. The minimum Gasteiger partial charge on any atom is -0.380 e. The van der Waals surface area contributed by atoms with Crippen molar-refractivity contribution in [2.75, 3.05) is 26.7 Å². The van der Waals surface area contributed by atoms with Crippen LogP contribution in [0.5, 0.6) is 0 Å². The number of ether oxygens (including phenoxy) is 1. The molecule has 0 spiro atoms. The Hall–Kier alpha value is -0.950. The predicted octanol–water partition coefficient (Wildman–Crippen LogP) is 0.815. The predicted molar refractivity (Wildman–Crippen MR) is 73.4 cm³/mol. The summed E-state index contributed by atoms with van der Waals surface area (Å²) < 4.78 is 31.8. The van der Waals surface area contributed by atoms with E-state index in [1.54, 1.807) is 29.6 Å². The van der Waals surface area contributed by atoms with Gasteiger partial charge in [-0.3, -0.25) is 0 Å². The van der Waals surface area contributed by atoms with Crippen LogP contribution in [0.15, 0.2) is 29.2 Å². The molecule has 1 fully saturated rings. The van der Waals surface area contributed by atoms with E-state index < -0.39 is 10.0 Å². The van der Waals surface area contributed by atoms with E-state index in [0.29, 0.717) is 31.1 Å². The fourth-order valence-corrected chi connectivity index (χ4v) is 3.98. The average Bonchev–Trinajstić information content (AvgIpc) is 2.40. The van der Waals surface area contributed by atoms with Crippen LogP contribution in [-0.2, 0) is 21.4 Å². The quantitative estimate of drug-likeness (QED) is 0.889. The molecule has 1 unspecified atom stereocenters. The number of rotatable bonds is 4. The molecule has 0 bridgehead atoms. The van der Waals surface area contributed by atoms with Gasteiger partial charge in [-0.1, -0.05) is 12.1 Å². The van der Waals surface area contributed by atoms with Crippen LogP contribution in [0.2, 0.25) is 0 Å². The molecule has 1 aliphatic heterocycles. The van der Waals surface area contributed by atoms with Crippen LogP contribution in [0, 0.1) is 0 Å². The topological polar surface area (TPSA) is 58.6 Å². The normalized spacial score (nSPS) is 21.5. The molecule has 1 N–H and O–H groups in total. The van der Waals surface area contributed by atoms with Crippen molar-refractivity contribution in [2.45, 2.75) is 24.5 Å². The summed E-state index contributed by atoms with van der Waals surface area (Å²) in [7, 11) is -1.82. The first-order valence-corrected chi connectivity index (χ1v) is 7.80. The van der Waals surface area contributed by atoms with E-state index in [0.717, 1.165) is 5.56 Å². The molecule has 2 rings (SSSR count). The molecule has 1 atom stereocenters. The van der Waals surface area contributed by atoms with Crippen LogP contribution in [0.3, 0.4) is 0 Å². The van der Waals surface area contributed by atoms with Crippen molar-refractivity contribution >= 4 is 10.0 Å². The Kier molecular flexibility index (Phi) is 4.57. The summed E-state index contributed by atoms with van der Waals surface area (Å²) in [6.45, 7) is 4.24. The number of nitrogens with zero attached hydrogens (tertiary/aromatic N) is 1. The SMILES string of the molecule is COCc1cccc(S(=O)(=O)N2CCNCC2C)c1. The minimum atomic E-state index is -3.41. The highest BCUT2D eigenvalue weighted by atomic mass is 32.2. The minimum absolute atomic E-state index is 0.0233. The smallest absolute Gasteiger partial charge is 0.243 e. The van der Waals surface area contributed by atoms with E-state index in [4.69, 9.17) is 4.74 Å². The van der Waals surface area contributed by atoms with Gasteiger partial charge in [-0.05, 0) is 24.6 Å². The Bertz CT molecular complexity index is 530. The van der Waals surface area contributed by atoms with Crippen molar-refractivity contribution in [3.05, 3.63) is 29.8 Å². The number of benzene rings is 1. The largest absolute Gasteiger partial charge is 0.380 e. The summed E-state index contributed by atoms with van der Waals surface area (Å²) in [6.07, 6.45) is 0. The summed E-state index contributed by atoms with van der Waals surface area (Å²) in [4.78, 5) is 0.343. The third-order valence-electron chi connectivity index (χ3n) is 3.26. The number of hydrogen-bond donors (Lipinski definition) is 1. The number of sulfonamides is 1. The van der Waals surface area contributed by atoms with Gasteiger partial charge in [0.1, 0.15) is 0 Å². The van der Waals surface area contributed by atoms with Crippen molar-refractivity contribution in [1.29, 1.82) is 0 Å². The van der Waals surface area contributed by atoms with Gasteiger partial charge >= 0.3 is 0 Å². The van der Waals surface area contributed by atoms with Crippen molar-refractivity contribution in [3.63, 3.8) is 0 Å². The molecule has 106 valence electrons. The molecule has 1 aromatic rings. The Morgan fingerprint density at radius 1 is 1.47 bits per heavy atom. The molecule has 1 heterocycles. The Morgan fingerprint density at radius 3 is 2.95 bits per heavy atom. The van der Waals surface area contributed by atoms with Gasteiger partial charge in [0.05, 0.1) is 11.5 Å². The Balaban J connectivity index is 2.30. The summed E-state index contributed by atoms with van der Waals surface area (Å²) in [6, 6.07) is 6.93. The molecule has 1 saturated heterocycles. The van der Waals surface area contributed by atoms with Crippen LogP contribution in [-0.4, -0.2) is 45.5 Å². The molecule has 0 aromatic heterocycles. The lowest BCUT2D eigenvalue weighted by molar-refractivity contribution is 0.184. The monoisotopic (exact) mass is 284 g/mol. The molecule has 0 saturated carbocycles. The van der Waals surface area contributed by atoms with Gasteiger partial charge in [-0.25, -0.2) is 8.42 Å². The molecule has 0 amide bonds. The van der Waals surface area contributed by atoms with E-state index in [1.807, 2.05) is 13.0 Å². The van der Waals surface area contributed by atoms with Crippen molar-refractivity contribution < 1.29 is 13.2 Å². The van der Waals surface area contributed by atoms with E-state index in [9.17, 15) is 8.42 Å². The van der Waals surface area contributed by atoms with E-state index in [-0.39, 0.29) is 6.04 Å². The second-order valence-electron chi connectivity index (χ2n) is 4.75. The maximum absolute atomic E-state index is 12.6. The van der Waals surface area contributed by atoms with Gasteiger partial charge in [0.2, 0.25) is 10.0 Å². The lowest BCUT2D eigenvalue weighted by Crippen LogP contribution is -2.52. The van der Waals surface area contributed by atoms with Gasteiger partial charge in [0, 0.05) is 32.8 Å². The molecule has 19 heavy (non-hydrogen) atoms. The Labute approximate surface area is 114 Å². The molecule has 1 aromatic carbocycles. The lowest BCUT2D eigenvalue weighted by atomic mass is 10.2. The highest BCUT2D eigenvalue weighted by Crippen LogP contribution is 2.20. The van der Waals surface area contributed by atoms with Gasteiger partial charge in [0.15, 0.2) is 0 Å². The standard InChI is InChI=1S/C13H20N2O3S/c1-11-9-14-6-7-15(11)19(16,17)13-5-3-4-12(8-13)10-18-2/h3-5,8,11,14H,6-7,9-10H2,1-2H3. The third-order valence-corrected chi connectivity index (χ3v) is 5.27. The zero-order valence-electron chi connectivity index (χ0n) is 11.3. The van der Waals surface area contributed by atoms with Crippen LogP contribution in [0.4, 0.5) is 0 Å². The average molecular weight is 284 g/mol. The molecule has 1 aliphatic rings. The fraction of sp³-hybridized carbons (Fsp3) is 0.538. The summed E-state index contributed by atoms with van der Waals surface area (Å²) in [5.41, 5.74) is 0.867. The van der Waals surface area contributed by atoms with E-state index in [1.165, 1.54) is 0 Å². The molecule has 0 aliphatic carbocycles. The molecule has 6 heteroatoms. The molecule has 5 nitrogen and oxygen atoms in total. The van der Waals surface area contributed by atoms with Gasteiger partial charge < -0.3 is 10.1 Å². The molecular weight excluding hydrogens is 264 g/mol.